The molecule has 1 aromatic carbocycles. The van der Waals surface area contributed by atoms with Crippen molar-refractivity contribution in [2.75, 3.05) is 0 Å². The van der Waals surface area contributed by atoms with E-state index in [1.165, 1.54) is 13.0 Å². The second-order valence-electron chi connectivity index (χ2n) is 2.67. The maximum Gasteiger partial charge on any atom is 0.387 e. The van der Waals surface area contributed by atoms with Crippen molar-refractivity contribution in [2.24, 2.45) is 0 Å². The van der Waals surface area contributed by atoms with Gasteiger partial charge in [-0.15, -0.1) is 0 Å². The van der Waals surface area contributed by atoms with E-state index in [0.717, 1.165) is 0 Å². The molecular weight excluding hydrogens is 385 g/mol. The highest BCUT2D eigenvalue weighted by molar-refractivity contribution is 14.1. The van der Waals surface area contributed by atoms with Gasteiger partial charge in [-0.25, -0.2) is 0 Å². The topological polar surface area (TPSA) is 26.3 Å². The first-order chi connectivity index (χ1) is 6.93. The van der Waals surface area contributed by atoms with Crippen molar-refractivity contribution >= 4 is 44.3 Å². The summed E-state index contributed by atoms with van der Waals surface area (Å²) in [6.07, 6.45) is 0. The molecule has 0 aliphatic rings. The van der Waals surface area contributed by atoms with Gasteiger partial charge in [-0.05, 0) is 57.6 Å². The lowest BCUT2D eigenvalue weighted by Gasteiger charge is -2.11. The fourth-order valence-electron chi connectivity index (χ4n) is 1.06. The number of rotatable bonds is 3. The summed E-state index contributed by atoms with van der Waals surface area (Å²) in [5.74, 6) is -0.401. The Labute approximate surface area is 107 Å². The number of hydrogen-bond acceptors (Lipinski definition) is 2. The van der Waals surface area contributed by atoms with Crippen molar-refractivity contribution in [2.45, 2.75) is 13.5 Å². The highest BCUT2D eigenvalue weighted by Crippen LogP contribution is 2.31. The second-order valence-corrected chi connectivity index (χ2v) is 4.60. The Kier molecular flexibility index (Phi) is 4.45. The number of carbonyl (C=O) groups is 1. The molecule has 2 nitrogen and oxygen atoms in total. The molecule has 0 N–H and O–H groups in total. The lowest BCUT2D eigenvalue weighted by molar-refractivity contribution is -0.0501. The maximum atomic E-state index is 12.0. The van der Waals surface area contributed by atoms with Gasteiger partial charge in [-0.2, -0.15) is 8.78 Å². The van der Waals surface area contributed by atoms with Crippen LogP contribution < -0.4 is 4.74 Å². The van der Waals surface area contributed by atoms with Crippen LogP contribution in [-0.2, 0) is 0 Å². The van der Waals surface area contributed by atoms with Crippen LogP contribution in [0.4, 0.5) is 8.78 Å². The zero-order chi connectivity index (χ0) is 11.6. The summed E-state index contributed by atoms with van der Waals surface area (Å²) >= 11 is 5.11. The quantitative estimate of drug-likeness (QED) is 0.578. The molecule has 0 aliphatic heterocycles. The van der Waals surface area contributed by atoms with E-state index in [9.17, 15) is 13.6 Å². The molecule has 0 radical (unpaired) electrons. The minimum absolute atomic E-state index is 0.0925. The smallest absolute Gasteiger partial charge is 0.387 e. The van der Waals surface area contributed by atoms with E-state index in [-0.39, 0.29) is 17.1 Å². The molecule has 0 aliphatic carbocycles. The normalized spacial score (nSPS) is 10.5. The third-order valence-corrected chi connectivity index (χ3v) is 4.15. The van der Waals surface area contributed by atoms with Crippen LogP contribution in [0.25, 0.3) is 0 Å². The van der Waals surface area contributed by atoms with Crippen LogP contribution in [0.3, 0.4) is 0 Å². The van der Waals surface area contributed by atoms with Crippen molar-refractivity contribution in [3.05, 3.63) is 25.7 Å². The first-order valence-corrected chi connectivity index (χ1v) is 5.74. The molecule has 0 atom stereocenters. The Balaban J connectivity index is 3.27. The Morgan fingerprint density at radius 3 is 2.60 bits per heavy atom. The summed E-state index contributed by atoms with van der Waals surface area (Å²) in [5.41, 5.74) is 0.172. The summed E-state index contributed by atoms with van der Waals surface area (Å²) in [6, 6.07) is 2.90. The van der Waals surface area contributed by atoms with E-state index < -0.39 is 6.61 Å². The van der Waals surface area contributed by atoms with Crippen LogP contribution in [0.1, 0.15) is 17.3 Å². The molecule has 0 unspecified atom stereocenters. The Morgan fingerprint density at radius 2 is 2.13 bits per heavy atom. The molecule has 0 aromatic heterocycles. The van der Waals surface area contributed by atoms with Crippen molar-refractivity contribution in [1.82, 2.24) is 0 Å². The van der Waals surface area contributed by atoms with Gasteiger partial charge in [0, 0.05) is 8.04 Å². The lowest BCUT2D eigenvalue weighted by atomic mass is 10.1. The number of halogens is 4. The van der Waals surface area contributed by atoms with E-state index >= 15 is 0 Å². The molecule has 82 valence electrons. The van der Waals surface area contributed by atoms with Gasteiger partial charge in [-0.1, -0.05) is 0 Å². The number of ketones is 1. The van der Waals surface area contributed by atoms with Crippen LogP contribution in [0, 0.1) is 3.57 Å². The highest BCUT2D eigenvalue weighted by Gasteiger charge is 2.17. The van der Waals surface area contributed by atoms with E-state index in [1.54, 1.807) is 6.07 Å². The number of Topliss-reactive ketones (excluding diaryl/α,β-unsaturated/α-hetero) is 1. The molecule has 0 saturated carbocycles. The Morgan fingerprint density at radius 1 is 1.53 bits per heavy atom. The lowest BCUT2D eigenvalue weighted by Crippen LogP contribution is -2.08. The third kappa shape index (κ3) is 3.10. The summed E-state index contributed by atoms with van der Waals surface area (Å²) in [4.78, 5) is 11.3. The fourth-order valence-corrected chi connectivity index (χ4v) is 2.21. The maximum absolute atomic E-state index is 12.0. The molecule has 0 heterocycles. The van der Waals surface area contributed by atoms with E-state index in [2.05, 4.69) is 20.7 Å². The number of benzene rings is 1. The second kappa shape index (κ2) is 5.20. The average molecular weight is 391 g/mol. The number of alkyl halides is 2. The standard InChI is InChI=1S/C9H6BrF2IO2/c1-4(14)7-6(15-9(11)12)3-2-5(10)8(7)13/h2-3,9H,1H3. The van der Waals surface area contributed by atoms with Gasteiger partial charge in [0.25, 0.3) is 0 Å². The van der Waals surface area contributed by atoms with E-state index in [1.807, 2.05) is 22.6 Å². The van der Waals surface area contributed by atoms with Gasteiger partial charge in [0.05, 0.1) is 5.56 Å². The van der Waals surface area contributed by atoms with E-state index in [0.29, 0.717) is 8.04 Å². The third-order valence-electron chi connectivity index (χ3n) is 1.62. The van der Waals surface area contributed by atoms with Crippen molar-refractivity contribution in [3.63, 3.8) is 0 Å². The van der Waals surface area contributed by atoms with Gasteiger partial charge < -0.3 is 4.74 Å². The Bertz CT molecular complexity index is 396. The Hall–Kier alpha value is -0.240. The first-order valence-electron chi connectivity index (χ1n) is 3.87. The van der Waals surface area contributed by atoms with Gasteiger partial charge in [0.2, 0.25) is 0 Å². The zero-order valence-electron chi connectivity index (χ0n) is 7.56. The number of hydrogen-bond donors (Lipinski definition) is 0. The summed E-state index contributed by atoms with van der Waals surface area (Å²) < 4.78 is 29.6. The van der Waals surface area contributed by atoms with Gasteiger partial charge >= 0.3 is 6.61 Å². The minimum Gasteiger partial charge on any atom is -0.434 e. The molecule has 0 fully saturated rings. The van der Waals surface area contributed by atoms with Crippen LogP contribution in [-0.4, -0.2) is 12.4 Å². The molecule has 15 heavy (non-hydrogen) atoms. The summed E-state index contributed by atoms with van der Waals surface area (Å²) in [5, 5.41) is 0. The first kappa shape index (κ1) is 12.8. The van der Waals surface area contributed by atoms with Crippen LogP contribution in [0.5, 0.6) is 5.75 Å². The number of ether oxygens (including phenoxy) is 1. The summed E-state index contributed by atoms with van der Waals surface area (Å²) in [6.45, 7) is -1.62. The molecule has 0 spiro atoms. The van der Waals surface area contributed by atoms with Crippen molar-refractivity contribution in [1.29, 1.82) is 0 Å². The predicted octanol–water partition coefficient (Wildman–Crippen LogP) is 3.86. The average Bonchev–Trinajstić information content (AvgIpc) is 2.10. The number of carbonyl (C=O) groups excluding carboxylic acids is 1. The van der Waals surface area contributed by atoms with Crippen LogP contribution in [0.2, 0.25) is 0 Å². The largest absolute Gasteiger partial charge is 0.434 e. The zero-order valence-corrected chi connectivity index (χ0v) is 11.3. The van der Waals surface area contributed by atoms with Gasteiger partial charge in [0.1, 0.15) is 5.75 Å². The minimum atomic E-state index is -2.93. The van der Waals surface area contributed by atoms with Crippen molar-refractivity contribution < 1.29 is 18.3 Å². The molecule has 6 heteroatoms. The molecule has 0 saturated heterocycles. The fraction of sp³-hybridized carbons (Fsp3) is 0.222. The van der Waals surface area contributed by atoms with Crippen LogP contribution >= 0.6 is 38.5 Å². The molecule has 1 aromatic rings. The highest BCUT2D eigenvalue weighted by atomic mass is 127. The molecule has 0 amide bonds. The van der Waals surface area contributed by atoms with Crippen LogP contribution in [0.15, 0.2) is 16.6 Å². The SMILES string of the molecule is CC(=O)c1c(OC(F)F)ccc(Br)c1I. The summed E-state index contributed by atoms with van der Waals surface area (Å²) in [7, 11) is 0. The predicted molar refractivity (Wildman–Crippen MR) is 63.5 cm³/mol. The monoisotopic (exact) mass is 390 g/mol. The molecular formula is C9H6BrF2IO2. The van der Waals surface area contributed by atoms with E-state index in [4.69, 9.17) is 0 Å². The molecule has 1 rings (SSSR count). The van der Waals surface area contributed by atoms with Gasteiger partial charge in [-0.3, -0.25) is 4.79 Å². The molecule has 0 bridgehead atoms. The van der Waals surface area contributed by atoms with Crippen molar-refractivity contribution in [3.8, 4) is 5.75 Å². The van der Waals surface area contributed by atoms with Gasteiger partial charge in [0.15, 0.2) is 5.78 Å².